The van der Waals surface area contributed by atoms with E-state index in [-0.39, 0.29) is 12.1 Å². The summed E-state index contributed by atoms with van der Waals surface area (Å²) in [4.78, 5) is 12.9. The highest BCUT2D eigenvalue weighted by atomic mass is 16.5. The Labute approximate surface area is 105 Å². The molecule has 0 saturated carbocycles. The molecule has 2 bridgehead atoms. The van der Waals surface area contributed by atoms with Crippen molar-refractivity contribution in [3.63, 3.8) is 0 Å². The maximum Gasteiger partial charge on any atom is 0.407 e. The van der Waals surface area contributed by atoms with Gasteiger partial charge in [0.25, 0.3) is 0 Å². The van der Waals surface area contributed by atoms with E-state index in [2.05, 4.69) is 11.2 Å². The summed E-state index contributed by atoms with van der Waals surface area (Å²) < 4.78 is 5.01. The van der Waals surface area contributed by atoms with Crippen LogP contribution in [0.5, 0.6) is 0 Å². The Bertz CT molecular complexity index is 455. The second-order valence-electron chi connectivity index (χ2n) is 5.02. The van der Waals surface area contributed by atoms with E-state index < -0.39 is 6.09 Å². The number of carboxylic acid groups (broad SMARTS) is 1. The fraction of sp³-hybridized carbons (Fsp3) is 0.538. The Balaban J connectivity index is 1.76. The van der Waals surface area contributed by atoms with E-state index in [1.54, 1.807) is 17.2 Å². The zero-order valence-electron chi connectivity index (χ0n) is 10.0. The first-order chi connectivity index (χ1) is 8.75. The summed E-state index contributed by atoms with van der Waals surface area (Å²) >= 11 is 0. The van der Waals surface area contributed by atoms with Crippen molar-refractivity contribution < 1.29 is 14.4 Å². The first-order valence-corrected chi connectivity index (χ1v) is 6.36. The third-order valence-electron chi connectivity index (χ3n) is 4.01. The van der Waals surface area contributed by atoms with Crippen LogP contribution in [0.3, 0.4) is 0 Å². The maximum atomic E-state index is 11.3. The molecule has 2 saturated heterocycles. The van der Waals surface area contributed by atoms with E-state index in [0.717, 1.165) is 31.4 Å². The molecule has 0 aliphatic carbocycles. The molecule has 0 spiro atoms. The van der Waals surface area contributed by atoms with Gasteiger partial charge in [0, 0.05) is 18.2 Å². The van der Waals surface area contributed by atoms with Crippen LogP contribution in [0.25, 0.3) is 6.08 Å². The van der Waals surface area contributed by atoms with Gasteiger partial charge < -0.3 is 14.5 Å². The minimum absolute atomic E-state index is 0.139. The number of amides is 1. The molecule has 1 aromatic rings. The van der Waals surface area contributed by atoms with E-state index in [4.69, 9.17) is 4.52 Å². The third kappa shape index (κ3) is 1.89. The highest BCUT2D eigenvalue weighted by Crippen LogP contribution is 2.40. The van der Waals surface area contributed by atoms with Crippen molar-refractivity contribution in [2.45, 2.75) is 37.8 Å². The molecule has 1 N–H and O–H groups in total. The quantitative estimate of drug-likeness (QED) is 0.873. The standard InChI is InChI=1S/C13H16N2O3/c16-13(17)15-10-2-1-3-12(15)9(8-10)4-5-11-6-7-14-18-11/h4-7,9-10,12H,1-3,8H2,(H,16,17). The lowest BCUT2D eigenvalue weighted by atomic mass is 9.97. The maximum absolute atomic E-state index is 11.3. The molecule has 3 atom stereocenters. The lowest BCUT2D eigenvalue weighted by Crippen LogP contribution is -2.44. The number of hydrogen-bond donors (Lipinski definition) is 1. The van der Waals surface area contributed by atoms with Gasteiger partial charge in [0.15, 0.2) is 5.76 Å². The fourth-order valence-electron chi connectivity index (χ4n) is 3.27. The lowest BCUT2D eigenvalue weighted by Gasteiger charge is -2.33. The van der Waals surface area contributed by atoms with Crippen LogP contribution in [-0.2, 0) is 0 Å². The van der Waals surface area contributed by atoms with Gasteiger partial charge in [-0.2, -0.15) is 0 Å². The minimum Gasteiger partial charge on any atom is -0.465 e. The summed E-state index contributed by atoms with van der Waals surface area (Å²) in [5, 5.41) is 12.9. The van der Waals surface area contributed by atoms with Crippen molar-refractivity contribution in [3.05, 3.63) is 24.1 Å². The molecular weight excluding hydrogens is 232 g/mol. The van der Waals surface area contributed by atoms with Crippen LogP contribution in [0.1, 0.15) is 31.4 Å². The summed E-state index contributed by atoms with van der Waals surface area (Å²) in [6.07, 6.45) is 8.83. The van der Waals surface area contributed by atoms with Gasteiger partial charge >= 0.3 is 6.09 Å². The summed E-state index contributed by atoms with van der Waals surface area (Å²) in [6, 6.07) is 2.14. The second kappa shape index (κ2) is 4.48. The lowest BCUT2D eigenvalue weighted by molar-refractivity contribution is 0.0996. The second-order valence-corrected chi connectivity index (χ2v) is 5.02. The van der Waals surface area contributed by atoms with Gasteiger partial charge in [0.05, 0.1) is 6.20 Å². The number of rotatable bonds is 2. The number of nitrogens with zero attached hydrogens (tertiary/aromatic N) is 2. The Morgan fingerprint density at radius 3 is 3.11 bits per heavy atom. The van der Waals surface area contributed by atoms with Crippen LogP contribution < -0.4 is 0 Å². The topological polar surface area (TPSA) is 66.6 Å². The van der Waals surface area contributed by atoms with Gasteiger partial charge in [-0.1, -0.05) is 11.2 Å². The molecule has 2 fully saturated rings. The zero-order valence-corrected chi connectivity index (χ0v) is 10.0. The molecule has 3 unspecified atom stereocenters. The van der Waals surface area contributed by atoms with Crippen molar-refractivity contribution >= 4 is 12.2 Å². The van der Waals surface area contributed by atoms with E-state index in [0.29, 0.717) is 5.92 Å². The molecule has 18 heavy (non-hydrogen) atoms. The van der Waals surface area contributed by atoms with Crippen molar-refractivity contribution in [1.82, 2.24) is 10.1 Å². The molecule has 96 valence electrons. The van der Waals surface area contributed by atoms with Crippen LogP contribution >= 0.6 is 0 Å². The number of aromatic nitrogens is 1. The smallest absolute Gasteiger partial charge is 0.407 e. The first kappa shape index (κ1) is 11.3. The zero-order chi connectivity index (χ0) is 12.5. The van der Waals surface area contributed by atoms with Crippen LogP contribution in [-0.4, -0.2) is 33.3 Å². The van der Waals surface area contributed by atoms with Gasteiger partial charge in [0.2, 0.25) is 0 Å². The Hall–Kier alpha value is -1.78. The van der Waals surface area contributed by atoms with E-state index >= 15 is 0 Å². The van der Waals surface area contributed by atoms with Crippen LogP contribution in [0.15, 0.2) is 22.9 Å². The Morgan fingerprint density at radius 1 is 1.56 bits per heavy atom. The fourth-order valence-corrected chi connectivity index (χ4v) is 3.27. The molecule has 3 heterocycles. The summed E-state index contributed by atoms with van der Waals surface area (Å²) in [5.74, 6) is 1.03. The SMILES string of the molecule is O=C(O)N1C2CCCC1C(C=Cc1ccno1)C2. The van der Waals surface area contributed by atoms with Crippen LogP contribution in [0.4, 0.5) is 4.79 Å². The number of hydrogen-bond acceptors (Lipinski definition) is 3. The molecular formula is C13H16N2O3. The van der Waals surface area contributed by atoms with Crippen LogP contribution in [0.2, 0.25) is 0 Å². The first-order valence-electron chi connectivity index (χ1n) is 6.36. The highest BCUT2D eigenvalue weighted by Gasteiger charge is 2.44. The molecule has 0 aromatic carbocycles. The Kier molecular flexibility index (Phi) is 2.81. The van der Waals surface area contributed by atoms with Crippen molar-refractivity contribution in [2.24, 2.45) is 5.92 Å². The Morgan fingerprint density at radius 2 is 2.44 bits per heavy atom. The predicted molar refractivity (Wildman–Crippen MR) is 64.9 cm³/mol. The van der Waals surface area contributed by atoms with Crippen molar-refractivity contribution in [1.29, 1.82) is 0 Å². The monoisotopic (exact) mass is 248 g/mol. The predicted octanol–water partition coefficient (Wildman–Crippen LogP) is 2.61. The highest BCUT2D eigenvalue weighted by molar-refractivity contribution is 5.67. The summed E-state index contributed by atoms with van der Waals surface area (Å²) in [5.41, 5.74) is 0. The number of fused-ring (bicyclic) bond motifs is 2. The average Bonchev–Trinajstić information content (AvgIpc) is 2.92. The van der Waals surface area contributed by atoms with Gasteiger partial charge in [-0.05, 0) is 37.7 Å². The average molecular weight is 248 g/mol. The van der Waals surface area contributed by atoms with Gasteiger partial charge in [-0.15, -0.1) is 0 Å². The summed E-state index contributed by atoms with van der Waals surface area (Å²) in [6.45, 7) is 0. The van der Waals surface area contributed by atoms with Gasteiger partial charge in [-0.25, -0.2) is 4.79 Å². The van der Waals surface area contributed by atoms with Gasteiger partial charge in [0.1, 0.15) is 0 Å². The van der Waals surface area contributed by atoms with Gasteiger partial charge in [-0.3, -0.25) is 0 Å². The minimum atomic E-state index is -0.778. The molecule has 5 heteroatoms. The molecule has 3 rings (SSSR count). The molecule has 1 aromatic heterocycles. The normalized spacial score (nSPS) is 31.1. The van der Waals surface area contributed by atoms with E-state index in [9.17, 15) is 9.90 Å². The molecule has 2 aliphatic rings. The molecule has 0 radical (unpaired) electrons. The number of carbonyl (C=O) groups is 1. The molecule has 5 nitrogen and oxygen atoms in total. The van der Waals surface area contributed by atoms with Crippen LogP contribution in [0, 0.1) is 5.92 Å². The van der Waals surface area contributed by atoms with E-state index in [1.807, 2.05) is 6.08 Å². The van der Waals surface area contributed by atoms with Crippen molar-refractivity contribution in [2.75, 3.05) is 0 Å². The summed E-state index contributed by atoms with van der Waals surface area (Å²) in [7, 11) is 0. The largest absolute Gasteiger partial charge is 0.465 e. The number of piperidine rings is 1. The molecule has 1 amide bonds. The van der Waals surface area contributed by atoms with Crippen molar-refractivity contribution in [3.8, 4) is 0 Å². The van der Waals surface area contributed by atoms with E-state index in [1.165, 1.54) is 0 Å². The molecule has 2 aliphatic heterocycles. The third-order valence-corrected chi connectivity index (χ3v) is 4.01.